The molecule has 128 valence electrons. The van der Waals surface area contributed by atoms with Crippen LogP contribution in [-0.4, -0.2) is 30.5 Å². The van der Waals surface area contributed by atoms with Crippen LogP contribution in [0.15, 0.2) is 5.51 Å². The molecule has 2 rings (SSSR count). The molecule has 1 aromatic heterocycles. The van der Waals surface area contributed by atoms with Gasteiger partial charge in [0.2, 0.25) is 0 Å². The van der Waals surface area contributed by atoms with Gasteiger partial charge in [-0.15, -0.1) is 36.2 Å². The van der Waals surface area contributed by atoms with Crippen LogP contribution < -0.4 is 10.6 Å². The quantitative estimate of drug-likeness (QED) is 0.857. The Hall–Kier alpha value is -0.360. The van der Waals surface area contributed by atoms with E-state index in [1.165, 1.54) is 24.2 Å². The van der Waals surface area contributed by atoms with Crippen LogP contribution >= 0.6 is 36.2 Å². The highest BCUT2D eigenvalue weighted by atomic mass is 35.5. The van der Waals surface area contributed by atoms with Gasteiger partial charge in [-0.2, -0.15) is 0 Å². The summed E-state index contributed by atoms with van der Waals surface area (Å²) in [5.41, 5.74) is 2.58. The number of carbonyl (C=O) groups is 1. The summed E-state index contributed by atoms with van der Waals surface area (Å²) in [6.07, 6.45) is 3.58. The predicted molar refractivity (Wildman–Crippen MR) is 97.9 cm³/mol. The Morgan fingerprint density at radius 1 is 1.45 bits per heavy atom. The molecule has 0 radical (unpaired) electrons. The van der Waals surface area contributed by atoms with Gasteiger partial charge in [0.15, 0.2) is 0 Å². The molecule has 1 aliphatic rings. The second-order valence-corrected chi connectivity index (χ2v) is 7.39. The molecule has 0 bridgehead atoms. The second kappa shape index (κ2) is 9.71. The maximum atomic E-state index is 12.3. The SMILES string of the molecule is CC(C)(C)c1ncsc1C(=O)NCCC1CCCNC1.Cl.Cl. The van der Waals surface area contributed by atoms with Crippen LogP contribution in [0.25, 0.3) is 0 Å². The van der Waals surface area contributed by atoms with Gasteiger partial charge >= 0.3 is 0 Å². The van der Waals surface area contributed by atoms with Crippen molar-refractivity contribution in [3.05, 3.63) is 16.1 Å². The molecule has 1 aromatic rings. The zero-order valence-corrected chi connectivity index (χ0v) is 15.9. The largest absolute Gasteiger partial charge is 0.351 e. The van der Waals surface area contributed by atoms with Gasteiger partial charge < -0.3 is 10.6 Å². The zero-order chi connectivity index (χ0) is 14.6. The van der Waals surface area contributed by atoms with E-state index in [2.05, 4.69) is 36.4 Å². The Morgan fingerprint density at radius 2 is 2.18 bits per heavy atom. The molecule has 7 heteroatoms. The average Bonchev–Trinajstić information content (AvgIpc) is 2.89. The van der Waals surface area contributed by atoms with Gasteiger partial charge in [0.1, 0.15) is 4.88 Å². The van der Waals surface area contributed by atoms with Crippen molar-refractivity contribution in [1.29, 1.82) is 0 Å². The van der Waals surface area contributed by atoms with Crippen LogP contribution in [-0.2, 0) is 5.41 Å². The third-order valence-corrected chi connectivity index (χ3v) is 4.55. The predicted octanol–water partition coefficient (Wildman–Crippen LogP) is 3.40. The third kappa shape index (κ3) is 6.03. The maximum absolute atomic E-state index is 12.3. The number of nitrogens with zero attached hydrogens (tertiary/aromatic N) is 1. The summed E-state index contributed by atoms with van der Waals surface area (Å²) < 4.78 is 0. The molecule has 1 amide bonds. The highest BCUT2D eigenvalue weighted by Gasteiger charge is 2.24. The first kappa shape index (κ1) is 21.6. The van der Waals surface area contributed by atoms with E-state index in [1.807, 2.05) is 0 Å². The Labute approximate surface area is 149 Å². The van der Waals surface area contributed by atoms with Gasteiger partial charge in [-0.3, -0.25) is 4.79 Å². The van der Waals surface area contributed by atoms with E-state index < -0.39 is 0 Å². The van der Waals surface area contributed by atoms with Crippen molar-refractivity contribution in [3.8, 4) is 0 Å². The molecule has 1 saturated heterocycles. The molecule has 1 aliphatic heterocycles. The molecule has 1 atom stereocenters. The van der Waals surface area contributed by atoms with Gasteiger partial charge in [-0.25, -0.2) is 4.98 Å². The van der Waals surface area contributed by atoms with E-state index in [9.17, 15) is 4.79 Å². The van der Waals surface area contributed by atoms with Crippen molar-refractivity contribution in [2.75, 3.05) is 19.6 Å². The van der Waals surface area contributed by atoms with Gasteiger partial charge in [-0.05, 0) is 38.3 Å². The van der Waals surface area contributed by atoms with Crippen LogP contribution in [0.4, 0.5) is 0 Å². The summed E-state index contributed by atoms with van der Waals surface area (Å²) in [7, 11) is 0. The van der Waals surface area contributed by atoms with Gasteiger partial charge in [0.05, 0.1) is 11.2 Å². The second-order valence-electron chi connectivity index (χ2n) is 6.54. The first-order valence-corrected chi connectivity index (χ1v) is 8.29. The number of carbonyl (C=O) groups excluding carboxylic acids is 1. The van der Waals surface area contributed by atoms with Gasteiger partial charge in [0.25, 0.3) is 5.91 Å². The lowest BCUT2D eigenvalue weighted by molar-refractivity contribution is 0.0952. The molecule has 2 N–H and O–H groups in total. The molecule has 0 aromatic carbocycles. The molecule has 2 heterocycles. The van der Waals surface area contributed by atoms with Crippen molar-refractivity contribution in [3.63, 3.8) is 0 Å². The summed E-state index contributed by atoms with van der Waals surface area (Å²) in [5.74, 6) is 0.730. The smallest absolute Gasteiger partial charge is 0.263 e. The summed E-state index contributed by atoms with van der Waals surface area (Å²) in [4.78, 5) is 17.4. The number of thiazole rings is 1. The number of hydrogen-bond donors (Lipinski definition) is 2. The Kier molecular flexibility index (Phi) is 9.55. The molecule has 0 aliphatic carbocycles. The van der Waals surface area contributed by atoms with Gasteiger partial charge in [0, 0.05) is 12.0 Å². The van der Waals surface area contributed by atoms with Crippen molar-refractivity contribution in [2.45, 2.75) is 45.4 Å². The fraction of sp³-hybridized carbons (Fsp3) is 0.733. The summed E-state index contributed by atoms with van der Waals surface area (Å²) in [6, 6.07) is 0. The Bertz CT molecular complexity index is 454. The molecular formula is C15H27Cl2N3OS. The van der Waals surface area contributed by atoms with E-state index in [4.69, 9.17) is 0 Å². The van der Waals surface area contributed by atoms with E-state index in [0.717, 1.165) is 36.6 Å². The Balaban J connectivity index is 0.00000220. The molecule has 22 heavy (non-hydrogen) atoms. The highest BCUT2D eigenvalue weighted by molar-refractivity contribution is 7.11. The molecule has 0 saturated carbocycles. The van der Waals surface area contributed by atoms with Crippen LogP contribution in [0, 0.1) is 5.92 Å². The maximum Gasteiger partial charge on any atom is 0.263 e. The average molecular weight is 368 g/mol. The van der Waals surface area contributed by atoms with Crippen LogP contribution in [0.3, 0.4) is 0 Å². The lowest BCUT2D eigenvalue weighted by Crippen LogP contribution is -2.33. The summed E-state index contributed by atoms with van der Waals surface area (Å²) in [5, 5.41) is 6.46. The number of rotatable bonds is 4. The standard InChI is InChI=1S/C15H25N3OS.2ClH/c1-15(2,3)13-12(20-10-18-13)14(19)17-8-6-11-5-4-7-16-9-11;;/h10-11,16H,4-9H2,1-3H3,(H,17,19);2*1H. The van der Waals surface area contributed by atoms with Crippen LogP contribution in [0.1, 0.15) is 55.4 Å². The summed E-state index contributed by atoms with van der Waals surface area (Å²) in [6.45, 7) is 9.25. The minimum absolute atomic E-state index is 0. The fourth-order valence-electron chi connectivity index (χ4n) is 2.58. The van der Waals surface area contributed by atoms with Gasteiger partial charge in [-0.1, -0.05) is 20.8 Å². The van der Waals surface area contributed by atoms with Crippen molar-refractivity contribution >= 4 is 42.1 Å². The lowest BCUT2D eigenvalue weighted by Gasteiger charge is -2.22. The van der Waals surface area contributed by atoms with E-state index in [1.54, 1.807) is 5.51 Å². The first-order chi connectivity index (χ1) is 9.48. The minimum atomic E-state index is -0.0834. The monoisotopic (exact) mass is 367 g/mol. The van der Waals surface area contributed by atoms with Crippen molar-refractivity contribution < 1.29 is 4.79 Å². The normalized spacial score (nSPS) is 18.0. The minimum Gasteiger partial charge on any atom is -0.351 e. The molecule has 0 spiro atoms. The van der Waals surface area contributed by atoms with E-state index in [-0.39, 0.29) is 36.1 Å². The number of piperidine rings is 1. The highest BCUT2D eigenvalue weighted by Crippen LogP contribution is 2.27. The third-order valence-electron chi connectivity index (χ3n) is 3.72. The number of aromatic nitrogens is 1. The summed E-state index contributed by atoms with van der Waals surface area (Å²) >= 11 is 1.44. The molecule has 1 fully saturated rings. The lowest BCUT2D eigenvalue weighted by atomic mass is 9.91. The number of hydrogen-bond acceptors (Lipinski definition) is 4. The van der Waals surface area contributed by atoms with Crippen molar-refractivity contribution in [1.82, 2.24) is 15.6 Å². The van der Waals surface area contributed by atoms with Crippen LogP contribution in [0.2, 0.25) is 0 Å². The first-order valence-electron chi connectivity index (χ1n) is 7.41. The number of amides is 1. The molecular weight excluding hydrogens is 341 g/mol. The zero-order valence-electron chi connectivity index (χ0n) is 13.5. The topological polar surface area (TPSA) is 54.0 Å². The van der Waals surface area contributed by atoms with E-state index >= 15 is 0 Å². The molecule has 1 unspecified atom stereocenters. The number of nitrogens with one attached hydrogen (secondary N) is 2. The van der Waals surface area contributed by atoms with Crippen molar-refractivity contribution in [2.24, 2.45) is 5.92 Å². The van der Waals surface area contributed by atoms with E-state index in [0.29, 0.717) is 5.92 Å². The number of halogens is 2. The Morgan fingerprint density at radius 3 is 2.77 bits per heavy atom. The van der Waals surface area contributed by atoms with Crippen LogP contribution in [0.5, 0.6) is 0 Å². The fourth-order valence-corrected chi connectivity index (χ4v) is 3.50. The molecule has 4 nitrogen and oxygen atoms in total.